The van der Waals surface area contributed by atoms with Crippen molar-refractivity contribution < 1.29 is 4.74 Å². The number of pyridine rings is 1. The highest BCUT2D eigenvalue weighted by molar-refractivity contribution is 8.14. The number of nitrogens with one attached hydrogen (secondary N) is 1. The molecule has 7 heteroatoms. The average molecular weight is 330 g/mol. The van der Waals surface area contributed by atoms with Crippen molar-refractivity contribution in [2.45, 2.75) is 31.1 Å². The lowest BCUT2D eigenvalue weighted by Gasteiger charge is -2.26. The van der Waals surface area contributed by atoms with Gasteiger partial charge in [0.05, 0.1) is 21.9 Å². The molecule has 1 atom stereocenters. The molecule has 1 N–H and O–H groups in total. The second-order valence-electron chi connectivity index (χ2n) is 5.81. The van der Waals surface area contributed by atoms with Crippen LogP contribution in [-0.4, -0.2) is 33.0 Å². The van der Waals surface area contributed by atoms with Crippen LogP contribution in [0.25, 0.3) is 0 Å². The van der Waals surface area contributed by atoms with Crippen molar-refractivity contribution in [3.63, 3.8) is 0 Å². The number of fused-ring (bicyclic) bond motifs is 1. The summed E-state index contributed by atoms with van der Waals surface area (Å²) in [6, 6.07) is 4.16. The topological polar surface area (TPSA) is 72.3 Å². The first-order valence-electron chi connectivity index (χ1n) is 7.78. The van der Waals surface area contributed by atoms with Gasteiger partial charge in [0.1, 0.15) is 0 Å². The zero-order valence-corrected chi connectivity index (χ0v) is 13.7. The molecule has 1 fully saturated rings. The number of nitrogens with zero attached hydrogens (tertiary/aromatic N) is 3. The van der Waals surface area contributed by atoms with Crippen molar-refractivity contribution in [3.05, 3.63) is 46.0 Å². The summed E-state index contributed by atoms with van der Waals surface area (Å²) in [7, 11) is 0. The van der Waals surface area contributed by atoms with Gasteiger partial charge < -0.3 is 4.74 Å². The van der Waals surface area contributed by atoms with E-state index in [0.717, 1.165) is 48.0 Å². The van der Waals surface area contributed by atoms with Gasteiger partial charge in [-0.25, -0.2) is 4.99 Å². The third-order valence-electron chi connectivity index (χ3n) is 4.29. The molecular weight excluding hydrogens is 312 g/mol. The van der Waals surface area contributed by atoms with Crippen LogP contribution in [0.15, 0.2) is 34.3 Å². The van der Waals surface area contributed by atoms with Crippen molar-refractivity contribution in [2.75, 3.05) is 13.2 Å². The fourth-order valence-electron chi connectivity index (χ4n) is 3.18. The Morgan fingerprint density at radius 2 is 2.22 bits per heavy atom. The van der Waals surface area contributed by atoms with E-state index >= 15 is 0 Å². The first kappa shape index (κ1) is 14.7. The van der Waals surface area contributed by atoms with E-state index in [9.17, 15) is 4.79 Å². The van der Waals surface area contributed by atoms with E-state index in [0.29, 0.717) is 0 Å². The minimum atomic E-state index is -0.0546. The molecule has 23 heavy (non-hydrogen) atoms. The summed E-state index contributed by atoms with van der Waals surface area (Å²) in [6.45, 7) is 3.44. The number of hydrogen-bond acceptors (Lipinski definition) is 5. The van der Waals surface area contributed by atoms with E-state index in [4.69, 9.17) is 4.74 Å². The van der Waals surface area contributed by atoms with Crippen LogP contribution in [0.1, 0.15) is 42.2 Å². The van der Waals surface area contributed by atoms with E-state index in [2.05, 4.69) is 15.1 Å². The van der Waals surface area contributed by atoms with Crippen molar-refractivity contribution in [2.24, 2.45) is 4.99 Å². The predicted octanol–water partition coefficient (Wildman–Crippen LogP) is 2.81. The lowest BCUT2D eigenvalue weighted by molar-refractivity contribution is 0.0666. The number of rotatable bonds is 2. The SMILES string of the molecule is CC1=Nc2c(c(=O)[nH]n2C2CCOCC2)[C@H](c2cccnc2)S1. The zero-order chi connectivity index (χ0) is 15.8. The summed E-state index contributed by atoms with van der Waals surface area (Å²) in [5.74, 6) is 0.770. The Bertz CT molecular complexity index is 790. The van der Waals surface area contributed by atoms with Gasteiger partial charge in [0.25, 0.3) is 5.56 Å². The van der Waals surface area contributed by atoms with Gasteiger partial charge in [-0.1, -0.05) is 17.8 Å². The maximum atomic E-state index is 12.6. The first-order valence-corrected chi connectivity index (χ1v) is 8.66. The van der Waals surface area contributed by atoms with Gasteiger partial charge in [-0.3, -0.25) is 19.6 Å². The first-order chi connectivity index (χ1) is 11.2. The number of aliphatic imine (C=N–C) groups is 1. The molecule has 2 aromatic rings. The fraction of sp³-hybridized carbons (Fsp3) is 0.438. The molecule has 120 valence electrons. The molecule has 0 aromatic carbocycles. The third-order valence-corrected chi connectivity index (χ3v) is 5.47. The van der Waals surface area contributed by atoms with E-state index in [1.165, 1.54) is 0 Å². The quantitative estimate of drug-likeness (QED) is 0.919. The van der Waals surface area contributed by atoms with Crippen molar-refractivity contribution in [1.82, 2.24) is 14.8 Å². The van der Waals surface area contributed by atoms with E-state index < -0.39 is 0 Å². The molecule has 2 aliphatic heterocycles. The Balaban J connectivity index is 1.82. The molecule has 0 amide bonds. The van der Waals surface area contributed by atoms with Crippen molar-refractivity contribution >= 4 is 22.6 Å². The van der Waals surface area contributed by atoms with Gasteiger partial charge >= 0.3 is 0 Å². The van der Waals surface area contributed by atoms with Crippen molar-refractivity contribution in [1.29, 1.82) is 0 Å². The van der Waals surface area contributed by atoms with Crippen LogP contribution in [0.4, 0.5) is 5.82 Å². The Labute approximate surface area is 138 Å². The van der Waals surface area contributed by atoms with E-state index in [1.54, 1.807) is 18.0 Å². The van der Waals surface area contributed by atoms with Gasteiger partial charge in [0, 0.05) is 25.6 Å². The molecule has 0 saturated carbocycles. The van der Waals surface area contributed by atoms with E-state index in [1.807, 2.05) is 29.9 Å². The second-order valence-corrected chi connectivity index (χ2v) is 7.10. The average Bonchev–Trinajstić information content (AvgIpc) is 2.92. The largest absolute Gasteiger partial charge is 0.381 e. The Morgan fingerprint density at radius 1 is 1.39 bits per heavy atom. The third kappa shape index (κ3) is 2.64. The Hall–Kier alpha value is -1.86. The smallest absolute Gasteiger partial charge is 0.271 e. The summed E-state index contributed by atoms with van der Waals surface area (Å²) in [4.78, 5) is 21.5. The number of H-pyrrole nitrogens is 1. The van der Waals surface area contributed by atoms with E-state index in [-0.39, 0.29) is 16.9 Å². The highest BCUT2D eigenvalue weighted by Gasteiger charge is 2.32. The molecule has 2 aliphatic rings. The van der Waals surface area contributed by atoms with Crippen LogP contribution in [0.5, 0.6) is 0 Å². The number of hydrogen-bond donors (Lipinski definition) is 1. The van der Waals surface area contributed by atoms with Crippen LogP contribution in [0.2, 0.25) is 0 Å². The molecule has 1 saturated heterocycles. The van der Waals surface area contributed by atoms with Gasteiger partial charge in [0.15, 0.2) is 5.82 Å². The molecule has 2 aromatic heterocycles. The Kier molecular flexibility index (Phi) is 3.82. The summed E-state index contributed by atoms with van der Waals surface area (Å²) in [5.41, 5.74) is 1.72. The number of thioether (sulfide) groups is 1. The van der Waals surface area contributed by atoms with Gasteiger partial charge in [0.2, 0.25) is 0 Å². The highest BCUT2D eigenvalue weighted by atomic mass is 32.2. The summed E-state index contributed by atoms with van der Waals surface area (Å²) < 4.78 is 7.38. The standard InChI is InChI=1S/C16H18N4O2S/c1-10-18-15-13(14(23-10)11-3-2-6-17-9-11)16(21)19-20(15)12-4-7-22-8-5-12/h2-3,6,9,12,14H,4-5,7-8H2,1H3,(H,19,21)/t14-/m0/s1. The Morgan fingerprint density at radius 3 is 2.96 bits per heavy atom. The summed E-state index contributed by atoms with van der Waals surface area (Å²) >= 11 is 1.61. The zero-order valence-electron chi connectivity index (χ0n) is 12.9. The fourth-order valence-corrected chi connectivity index (χ4v) is 4.27. The maximum Gasteiger partial charge on any atom is 0.271 e. The molecule has 0 radical (unpaired) electrons. The van der Waals surface area contributed by atoms with Crippen LogP contribution >= 0.6 is 11.8 Å². The maximum absolute atomic E-state index is 12.6. The van der Waals surface area contributed by atoms with Crippen LogP contribution in [0, 0.1) is 0 Å². The molecule has 4 heterocycles. The van der Waals surface area contributed by atoms with Crippen LogP contribution in [-0.2, 0) is 4.74 Å². The molecule has 6 nitrogen and oxygen atoms in total. The lowest BCUT2D eigenvalue weighted by atomic mass is 10.1. The lowest BCUT2D eigenvalue weighted by Crippen LogP contribution is -2.21. The monoisotopic (exact) mass is 330 g/mol. The second kappa shape index (κ2) is 5.98. The van der Waals surface area contributed by atoms with Gasteiger partial charge in [-0.05, 0) is 31.4 Å². The molecule has 0 spiro atoms. The molecule has 0 unspecified atom stereocenters. The van der Waals surface area contributed by atoms with Crippen LogP contribution < -0.4 is 5.56 Å². The van der Waals surface area contributed by atoms with Gasteiger partial charge in [-0.2, -0.15) is 0 Å². The number of aromatic amines is 1. The predicted molar refractivity (Wildman–Crippen MR) is 90.6 cm³/mol. The summed E-state index contributed by atoms with van der Waals surface area (Å²) in [6.07, 6.45) is 5.37. The van der Waals surface area contributed by atoms with Crippen LogP contribution in [0.3, 0.4) is 0 Å². The number of aromatic nitrogens is 3. The van der Waals surface area contributed by atoms with Gasteiger partial charge in [-0.15, -0.1) is 0 Å². The molecular formula is C16H18N4O2S. The molecule has 0 aliphatic carbocycles. The minimum Gasteiger partial charge on any atom is -0.381 e. The highest BCUT2D eigenvalue weighted by Crippen LogP contribution is 2.44. The normalized spacial score (nSPS) is 21.8. The molecule has 0 bridgehead atoms. The molecule has 4 rings (SSSR count). The minimum absolute atomic E-state index is 0.0518. The number of ether oxygens (including phenoxy) is 1. The van der Waals surface area contributed by atoms with Crippen molar-refractivity contribution in [3.8, 4) is 0 Å². The summed E-state index contributed by atoms with van der Waals surface area (Å²) in [5, 5.41) is 3.92.